The maximum Gasteiger partial charge on any atom is 0.254 e. The molecule has 2 N–H and O–H groups in total. The summed E-state index contributed by atoms with van der Waals surface area (Å²) in [7, 11) is 0. The van der Waals surface area contributed by atoms with Gasteiger partial charge in [0.2, 0.25) is 5.91 Å². The van der Waals surface area contributed by atoms with Gasteiger partial charge in [-0.1, -0.05) is 11.8 Å². The number of aromatic nitrogens is 6. The number of carbonyl (C=O) groups is 1. The van der Waals surface area contributed by atoms with Crippen molar-refractivity contribution in [1.29, 1.82) is 0 Å². The number of anilines is 1. The number of nitrogens with zero attached hydrogens (tertiary/aromatic N) is 5. The molecule has 1 amide bonds. The van der Waals surface area contributed by atoms with Gasteiger partial charge in [0.15, 0.2) is 5.16 Å². The third kappa shape index (κ3) is 4.89. The largest absolute Gasteiger partial charge is 0.310 e. The lowest BCUT2D eigenvalue weighted by molar-refractivity contribution is -0.116. The van der Waals surface area contributed by atoms with Crippen LogP contribution in [0.15, 0.2) is 22.1 Å². The lowest BCUT2D eigenvalue weighted by Gasteiger charge is -2.09. The lowest BCUT2D eigenvalue weighted by Crippen LogP contribution is -2.21. The number of nitrogens with one attached hydrogen (secondary N) is 2. The van der Waals surface area contributed by atoms with E-state index < -0.39 is 0 Å². The molecule has 0 unspecified atom stereocenters. The summed E-state index contributed by atoms with van der Waals surface area (Å²) in [5.74, 6) is 0.650. The summed E-state index contributed by atoms with van der Waals surface area (Å²) < 4.78 is 1.51. The van der Waals surface area contributed by atoms with Gasteiger partial charge in [0, 0.05) is 35.1 Å². The van der Waals surface area contributed by atoms with Crippen LogP contribution in [0.3, 0.4) is 0 Å². The van der Waals surface area contributed by atoms with Gasteiger partial charge in [-0.15, -0.1) is 0 Å². The summed E-state index contributed by atoms with van der Waals surface area (Å²) in [6.45, 7) is 7.36. The molecule has 29 heavy (non-hydrogen) atoms. The van der Waals surface area contributed by atoms with E-state index in [2.05, 4.69) is 30.4 Å². The van der Waals surface area contributed by atoms with E-state index in [1.165, 1.54) is 16.4 Å². The number of amides is 1. The van der Waals surface area contributed by atoms with Gasteiger partial charge in [-0.05, 0) is 46.4 Å². The Labute approximate surface area is 172 Å². The first kappa shape index (κ1) is 20.7. The van der Waals surface area contributed by atoms with Gasteiger partial charge in [-0.25, -0.2) is 15.0 Å². The van der Waals surface area contributed by atoms with E-state index in [1.54, 1.807) is 13.0 Å². The smallest absolute Gasteiger partial charge is 0.254 e. The average molecular weight is 414 g/mol. The number of aryl methyl sites for hydroxylation is 4. The molecule has 0 spiro atoms. The molecule has 0 saturated heterocycles. The molecule has 3 aromatic rings. The van der Waals surface area contributed by atoms with Crippen LogP contribution in [0.25, 0.3) is 5.95 Å². The van der Waals surface area contributed by atoms with Gasteiger partial charge < -0.3 is 10.3 Å². The summed E-state index contributed by atoms with van der Waals surface area (Å²) in [6, 6.07) is 3.63. The Morgan fingerprint density at radius 3 is 2.41 bits per heavy atom. The zero-order valence-electron chi connectivity index (χ0n) is 17.0. The van der Waals surface area contributed by atoms with Gasteiger partial charge in [0.05, 0.1) is 5.69 Å². The fourth-order valence-electron chi connectivity index (χ4n) is 2.96. The quantitative estimate of drug-likeness (QED) is 0.470. The number of thioether (sulfide) groups is 1. The van der Waals surface area contributed by atoms with Crippen LogP contribution in [-0.4, -0.2) is 41.9 Å². The number of H-pyrrole nitrogens is 1. The first-order valence-electron chi connectivity index (χ1n) is 9.09. The normalized spacial score (nSPS) is 10.9. The van der Waals surface area contributed by atoms with Crippen molar-refractivity contribution >= 4 is 23.5 Å². The molecule has 0 atom stereocenters. The lowest BCUT2D eigenvalue weighted by atomic mass is 10.1. The van der Waals surface area contributed by atoms with Gasteiger partial charge >= 0.3 is 0 Å². The molecule has 3 heterocycles. The fraction of sp³-hybridized carbons (Fsp3) is 0.368. The molecule has 9 nitrogen and oxygen atoms in total. The molecule has 0 aliphatic rings. The van der Waals surface area contributed by atoms with Crippen molar-refractivity contribution < 1.29 is 4.79 Å². The van der Waals surface area contributed by atoms with Crippen LogP contribution in [0.5, 0.6) is 0 Å². The molecule has 0 aliphatic carbocycles. The van der Waals surface area contributed by atoms with E-state index in [0.29, 0.717) is 34.6 Å². The van der Waals surface area contributed by atoms with Gasteiger partial charge in [-0.2, -0.15) is 9.78 Å². The zero-order valence-corrected chi connectivity index (χ0v) is 17.8. The van der Waals surface area contributed by atoms with Crippen LogP contribution >= 0.6 is 11.8 Å². The van der Waals surface area contributed by atoms with Gasteiger partial charge in [0.1, 0.15) is 5.82 Å². The highest BCUT2D eigenvalue weighted by Gasteiger charge is 2.15. The van der Waals surface area contributed by atoms with E-state index in [1.807, 2.05) is 33.1 Å². The molecule has 10 heteroatoms. The van der Waals surface area contributed by atoms with Crippen molar-refractivity contribution in [3.8, 4) is 5.95 Å². The molecular weight excluding hydrogens is 390 g/mol. The molecule has 3 rings (SSSR count). The molecule has 0 radical (unpaired) electrons. The van der Waals surface area contributed by atoms with E-state index in [4.69, 9.17) is 0 Å². The third-order valence-electron chi connectivity index (χ3n) is 4.25. The number of aromatic amines is 1. The van der Waals surface area contributed by atoms with Crippen LogP contribution in [-0.2, 0) is 11.2 Å². The van der Waals surface area contributed by atoms with Crippen molar-refractivity contribution in [2.24, 2.45) is 0 Å². The van der Waals surface area contributed by atoms with Gasteiger partial charge in [0.25, 0.3) is 11.5 Å². The summed E-state index contributed by atoms with van der Waals surface area (Å²) in [5, 5.41) is 7.80. The highest BCUT2D eigenvalue weighted by molar-refractivity contribution is 7.98. The second-order valence-electron chi connectivity index (χ2n) is 6.72. The molecule has 0 saturated carbocycles. The summed E-state index contributed by atoms with van der Waals surface area (Å²) in [6.07, 6.45) is 2.28. The topological polar surface area (TPSA) is 118 Å². The third-order valence-corrected chi connectivity index (χ3v) is 4.83. The Bertz CT molecular complexity index is 1100. The van der Waals surface area contributed by atoms with Crippen molar-refractivity contribution in [2.75, 3.05) is 11.6 Å². The minimum Gasteiger partial charge on any atom is -0.310 e. The van der Waals surface area contributed by atoms with E-state index in [9.17, 15) is 9.59 Å². The minimum absolute atomic E-state index is 0.141. The van der Waals surface area contributed by atoms with Crippen molar-refractivity contribution in [2.45, 2.75) is 45.7 Å². The van der Waals surface area contributed by atoms with Crippen LogP contribution in [0.4, 0.5) is 5.82 Å². The van der Waals surface area contributed by atoms with Crippen LogP contribution in [0, 0.1) is 27.7 Å². The second-order valence-corrected chi connectivity index (χ2v) is 7.52. The van der Waals surface area contributed by atoms with Crippen molar-refractivity contribution in [3.63, 3.8) is 0 Å². The van der Waals surface area contributed by atoms with Crippen LogP contribution < -0.4 is 10.9 Å². The predicted octanol–water partition coefficient (Wildman–Crippen LogP) is 2.27. The zero-order chi connectivity index (χ0) is 21.1. The minimum atomic E-state index is -0.233. The number of hydrogen-bond acceptors (Lipinski definition) is 7. The van der Waals surface area contributed by atoms with Crippen LogP contribution in [0.1, 0.15) is 34.8 Å². The van der Waals surface area contributed by atoms with E-state index in [0.717, 1.165) is 17.1 Å². The van der Waals surface area contributed by atoms with E-state index >= 15 is 0 Å². The maximum absolute atomic E-state index is 12.5. The molecular formula is C19H23N7O2S. The first-order chi connectivity index (χ1) is 13.8. The highest BCUT2D eigenvalue weighted by atomic mass is 32.2. The molecule has 0 aliphatic heterocycles. The Balaban J connectivity index is 1.76. The predicted molar refractivity (Wildman–Crippen MR) is 112 cm³/mol. The fourth-order valence-corrected chi connectivity index (χ4v) is 3.39. The average Bonchev–Trinajstić information content (AvgIpc) is 3.00. The standard InChI is InChI=1S/C19H23N7O2S/c1-10-8-11(2)21-18(20-10)26-15(9-12(3)25-26)23-16(27)7-6-14-13(4)22-19(29-5)24-17(14)28/h8-9H,6-7H2,1-5H3,(H,23,27)(H,22,24,28). The Morgan fingerprint density at radius 1 is 1.10 bits per heavy atom. The van der Waals surface area contributed by atoms with Gasteiger partial charge in [-0.3, -0.25) is 9.59 Å². The molecule has 0 bridgehead atoms. The van der Waals surface area contributed by atoms with Crippen molar-refractivity contribution in [1.82, 2.24) is 29.7 Å². The summed E-state index contributed by atoms with van der Waals surface area (Å²) in [4.78, 5) is 40.6. The number of hydrogen-bond donors (Lipinski definition) is 2. The highest BCUT2D eigenvalue weighted by Crippen LogP contribution is 2.16. The van der Waals surface area contributed by atoms with E-state index in [-0.39, 0.29) is 17.9 Å². The maximum atomic E-state index is 12.5. The molecule has 3 aromatic heterocycles. The van der Waals surface area contributed by atoms with Crippen LogP contribution in [0.2, 0.25) is 0 Å². The summed E-state index contributed by atoms with van der Waals surface area (Å²) >= 11 is 1.37. The number of carbonyl (C=O) groups excluding carboxylic acids is 1. The summed E-state index contributed by atoms with van der Waals surface area (Å²) in [5.41, 5.74) is 3.30. The molecule has 0 fully saturated rings. The monoisotopic (exact) mass is 413 g/mol. The Morgan fingerprint density at radius 2 is 1.79 bits per heavy atom. The Hall–Kier alpha value is -3.01. The van der Waals surface area contributed by atoms with Crippen molar-refractivity contribution in [3.05, 3.63) is 50.8 Å². The SMILES string of the molecule is CSc1nc(C)c(CCC(=O)Nc2cc(C)nn2-c2nc(C)cc(C)n2)c(=O)[nH]1. The molecule has 0 aromatic carbocycles. The second kappa shape index (κ2) is 8.56. The Kier molecular flexibility index (Phi) is 6.12. The number of rotatable bonds is 6. The first-order valence-corrected chi connectivity index (χ1v) is 10.3. The molecule has 152 valence electrons.